The Morgan fingerprint density at radius 2 is 1.95 bits per heavy atom. The predicted octanol–water partition coefficient (Wildman–Crippen LogP) is 1.17. The Hall–Kier alpha value is -0.160. The van der Waals surface area contributed by atoms with E-state index in [1.807, 2.05) is 7.11 Å². The average Bonchev–Trinajstić information content (AvgIpc) is 3.27. The maximum atomic E-state index is 5.42. The number of methoxy groups -OCH3 is 1. The van der Waals surface area contributed by atoms with Crippen LogP contribution in [0, 0.1) is 0 Å². The molecule has 0 bridgehead atoms. The molecule has 0 radical (unpaired) electrons. The number of likely N-dealkylation sites (N-methyl/N-ethyl adjacent to an activating group) is 1. The third-order valence-electron chi connectivity index (χ3n) is 4.73. The van der Waals surface area contributed by atoms with Gasteiger partial charge in [-0.05, 0) is 52.4 Å². The lowest BCUT2D eigenvalue weighted by Crippen LogP contribution is -2.51. The van der Waals surface area contributed by atoms with Crippen LogP contribution in [0.25, 0.3) is 0 Å². The summed E-state index contributed by atoms with van der Waals surface area (Å²) in [6, 6.07) is 2.03. The largest absolute Gasteiger partial charge is 0.383 e. The molecule has 2 aliphatic rings. The fraction of sp³-hybridized carbons (Fsp3) is 1.00. The van der Waals surface area contributed by atoms with Crippen LogP contribution in [0.3, 0.4) is 0 Å². The van der Waals surface area contributed by atoms with Gasteiger partial charge in [0.1, 0.15) is 0 Å². The third kappa shape index (κ3) is 4.71. The second kappa shape index (κ2) is 7.58. The van der Waals surface area contributed by atoms with Gasteiger partial charge >= 0.3 is 0 Å². The molecule has 0 aromatic rings. The molecular formula is C15H31N3O. The molecule has 1 unspecified atom stereocenters. The number of nitrogens with one attached hydrogen (secondary N) is 1. The van der Waals surface area contributed by atoms with E-state index in [1.165, 1.54) is 45.3 Å². The van der Waals surface area contributed by atoms with E-state index in [0.29, 0.717) is 6.04 Å². The molecule has 2 fully saturated rings. The molecule has 0 spiro atoms. The van der Waals surface area contributed by atoms with Gasteiger partial charge in [0.15, 0.2) is 0 Å². The van der Waals surface area contributed by atoms with Crippen molar-refractivity contribution in [3.05, 3.63) is 0 Å². The van der Waals surface area contributed by atoms with Gasteiger partial charge < -0.3 is 15.0 Å². The number of piperidine rings is 1. The molecule has 1 saturated heterocycles. The van der Waals surface area contributed by atoms with Crippen LogP contribution in [-0.2, 0) is 4.74 Å². The number of rotatable bonds is 8. The Kier molecular flexibility index (Phi) is 6.07. The van der Waals surface area contributed by atoms with Gasteiger partial charge in [0.25, 0.3) is 0 Å². The van der Waals surface area contributed by atoms with Gasteiger partial charge in [-0.1, -0.05) is 6.92 Å². The van der Waals surface area contributed by atoms with Crippen molar-refractivity contribution in [2.45, 2.75) is 50.7 Å². The minimum atomic E-state index is 0.517. The first kappa shape index (κ1) is 15.2. The SMILES string of the molecule is CCN1CCC(N(C)C(CNC2CC2)COC)CC1. The maximum Gasteiger partial charge on any atom is 0.0630 e. The Morgan fingerprint density at radius 1 is 1.26 bits per heavy atom. The Labute approximate surface area is 118 Å². The molecule has 1 N–H and O–H groups in total. The van der Waals surface area contributed by atoms with Crippen molar-refractivity contribution in [1.29, 1.82) is 0 Å². The van der Waals surface area contributed by atoms with E-state index in [0.717, 1.165) is 25.2 Å². The molecular weight excluding hydrogens is 238 g/mol. The number of hydrogen-bond acceptors (Lipinski definition) is 4. The van der Waals surface area contributed by atoms with E-state index in [9.17, 15) is 0 Å². The lowest BCUT2D eigenvalue weighted by Gasteiger charge is -2.40. The standard InChI is InChI=1S/C15H31N3O/c1-4-18-9-7-14(8-10-18)17(2)15(12-19-3)11-16-13-5-6-13/h13-16H,4-12H2,1-3H3. The van der Waals surface area contributed by atoms with Crippen LogP contribution in [0.4, 0.5) is 0 Å². The smallest absolute Gasteiger partial charge is 0.0630 e. The van der Waals surface area contributed by atoms with E-state index in [1.54, 1.807) is 0 Å². The first-order valence-corrected chi connectivity index (χ1v) is 7.91. The number of ether oxygens (including phenoxy) is 1. The monoisotopic (exact) mass is 269 g/mol. The van der Waals surface area contributed by atoms with Gasteiger partial charge in [0.05, 0.1) is 6.61 Å². The summed E-state index contributed by atoms with van der Waals surface area (Å²) in [5, 5.41) is 3.65. The zero-order valence-electron chi connectivity index (χ0n) is 12.9. The molecule has 1 saturated carbocycles. The minimum Gasteiger partial charge on any atom is -0.383 e. The molecule has 4 heteroatoms. The zero-order valence-corrected chi connectivity index (χ0v) is 12.9. The highest BCUT2D eigenvalue weighted by Gasteiger charge is 2.28. The molecule has 1 atom stereocenters. The van der Waals surface area contributed by atoms with Gasteiger partial charge in [0, 0.05) is 31.8 Å². The quantitative estimate of drug-likeness (QED) is 0.716. The van der Waals surface area contributed by atoms with Crippen molar-refractivity contribution in [2.24, 2.45) is 0 Å². The normalized spacial score (nSPS) is 24.0. The number of nitrogens with zero attached hydrogens (tertiary/aromatic N) is 2. The van der Waals surface area contributed by atoms with E-state index in [2.05, 4.69) is 29.1 Å². The zero-order chi connectivity index (χ0) is 13.7. The van der Waals surface area contributed by atoms with Crippen molar-refractivity contribution in [2.75, 3.05) is 46.9 Å². The van der Waals surface area contributed by atoms with Gasteiger partial charge in [-0.15, -0.1) is 0 Å². The second-order valence-corrected chi connectivity index (χ2v) is 6.12. The molecule has 1 heterocycles. The van der Waals surface area contributed by atoms with Gasteiger partial charge in [-0.3, -0.25) is 4.90 Å². The number of hydrogen-bond donors (Lipinski definition) is 1. The molecule has 112 valence electrons. The van der Waals surface area contributed by atoms with Crippen molar-refractivity contribution in [3.8, 4) is 0 Å². The minimum absolute atomic E-state index is 0.517. The highest BCUT2D eigenvalue weighted by atomic mass is 16.5. The van der Waals surface area contributed by atoms with Crippen molar-refractivity contribution < 1.29 is 4.74 Å². The highest BCUT2D eigenvalue weighted by molar-refractivity contribution is 4.87. The van der Waals surface area contributed by atoms with Crippen LogP contribution in [0.15, 0.2) is 0 Å². The first-order valence-electron chi connectivity index (χ1n) is 7.91. The summed E-state index contributed by atoms with van der Waals surface area (Å²) in [6.45, 7) is 7.87. The average molecular weight is 269 g/mol. The molecule has 19 heavy (non-hydrogen) atoms. The molecule has 2 rings (SSSR count). The fourth-order valence-corrected chi connectivity index (χ4v) is 3.04. The molecule has 0 aromatic heterocycles. The molecule has 0 amide bonds. The Morgan fingerprint density at radius 3 is 2.47 bits per heavy atom. The van der Waals surface area contributed by atoms with E-state index < -0.39 is 0 Å². The lowest BCUT2D eigenvalue weighted by molar-refractivity contribution is 0.0519. The van der Waals surface area contributed by atoms with E-state index in [4.69, 9.17) is 4.74 Å². The van der Waals surface area contributed by atoms with Crippen molar-refractivity contribution in [3.63, 3.8) is 0 Å². The summed E-state index contributed by atoms with van der Waals surface area (Å²) in [5.41, 5.74) is 0. The van der Waals surface area contributed by atoms with Crippen LogP contribution in [0.2, 0.25) is 0 Å². The molecule has 1 aliphatic heterocycles. The van der Waals surface area contributed by atoms with E-state index in [-0.39, 0.29) is 0 Å². The van der Waals surface area contributed by atoms with Gasteiger partial charge in [-0.2, -0.15) is 0 Å². The Balaban J connectivity index is 1.77. The molecule has 1 aliphatic carbocycles. The lowest BCUT2D eigenvalue weighted by atomic mass is 10.0. The van der Waals surface area contributed by atoms with Crippen molar-refractivity contribution >= 4 is 0 Å². The topological polar surface area (TPSA) is 27.7 Å². The van der Waals surface area contributed by atoms with Crippen molar-refractivity contribution in [1.82, 2.24) is 15.1 Å². The van der Waals surface area contributed by atoms with Gasteiger partial charge in [-0.25, -0.2) is 0 Å². The summed E-state index contributed by atoms with van der Waals surface area (Å²) in [4.78, 5) is 5.12. The van der Waals surface area contributed by atoms with Crippen LogP contribution < -0.4 is 5.32 Å². The highest BCUT2D eigenvalue weighted by Crippen LogP contribution is 2.20. The summed E-state index contributed by atoms with van der Waals surface area (Å²) >= 11 is 0. The predicted molar refractivity (Wildman–Crippen MR) is 79.6 cm³/mol. The third-order valence-corrected chi connectivity index (χ3v) is 4.73. The van der Waals surface area contributed by atoms with E-state index >= 15 is 0 Å². The summed E-state index contributed by atoms with van der Waals surface area (Å²) in [7, 11) is 4.10. The van der Waals surface area contributed by atoms with Crippen LogP contribution in [0.1, 0.15) is 32.6 Å². The second-order valence-electron chi connectivity index (χ2n) is 6.12. The van der Waals surface area contributed by atoms with Gasteiger partial charge in [0.2, 0.25) is 0 Å². The molecule has 0 aromatic carbocycles. The van der Waals surface area contributed by atoms with Crippen LogP contribution in [0.5, 0.6) is 0 Å². The first-order chi connectivity index (χ1) is 9.24. The van der Waals surface area contributed by atoms with Crippen LogP contribution >= 0.6 is 0 Å². The summed E-state index contributed by atoms with van der Waals surface area (Å²) < 4.78 is 5.42. The maximum absolute atomic E-state index is 5.42. The summed E-state index contributed by atoms with van der Waals surface area (Å²) in [6.07, 6.45) is 5.32. The number of likely N-dealkylation sites (tertiary alicyclic amines) is 1. The van der Waals surface area contributed by atoms with Crippen LogP contribution in [-0.4, -0.2) is 74.9 Å². The fourth-order valence-electron chi connectivity index (χ4n) is 3.04. The molecule has 4 nitrogen and oxygen atoms in total. The Bertz CT molecular complexity index is 250. The summed E-state index contributed by atoms with van der Waals surface area (Å²) in [5.74, 6) is 0.